The molecule has 0 aliphatic carbocycles. The van der Waals surface area contributed by atoms with Crippen molar-refractivity contribution in [3.63, 3.8) is 0 Å². The molecule has 0 amide bonds. The van der Waals surface area contributed by atoms with Crippen molar-refractivity contribution in [2.45, 2.75) is 12.8 Å². The number of nitrogens with zero attached hydrogens (tertiary/aromatic N) is 1. The van der Waals surface area contributed by atoms with Gasteiger partial charge in [-0.3, -0.25) is 0 Å². The van der Waals surface area contributed by atoms with Gasteiger partial charge in [0.15, 0.2) is 0 Å². The summed E-state index contributed by atoms with van der Waals surface area (Å²) >= 11 is 1.71. The highest BCUT2D eigenvalue weighted by molar-refractivity contribution is 7.09. The molecule has 3 heterocycles. The molecule has 1 aliphatic heterocycles. The molecule has 2 N–H and O–H groups in total. The molecule has 0 fully saturated rings. The lowest BCUT2D eigenvalue weighted by atomic mass is 10.1. The minimum Gasteiger partial charge on any atom is -0.369 e. The normalized spacial score (nSPS) is 13.5. The molecule has 3 rings (SSSR count). The van der Waals surface area contributed by atoms with Crippen molar-refractivity contribution in [1.82, 2.24) is 9.97 Å². The molecule has 0 unspecified atom stereocenters. The van der Waals surface area contributed by atoms with Crippen LogP contribution in [0.5, 0.6) is 0 Å². The largest absolute Gasteiger partial charge is 0.369 e. The lowest BCUT2D eigenvalue weighted by Gasteiger charge is -2.04. The van der Waals surface area contributed by atoms with Gasteiger partial charge in [-0.1, -0.05) is 6.07 Å². The van der Waals surface area contributed by atoms with E-state index in [1.165, 1.54) is 4.88 Å². The minimum absolute atomic E-state index is 0.264. The van der Waals surface area contributed by atoms with Gasteiger partial charge in [-0.2, -0.15) is 4.98 Å². The Morgan fingerprint density at radius 3 is 3.25 bits per heavy atom. The van der Waals surface area contributed by atoms with Gasteiger partial charge >= 0.3 is 5.69 Å². The Morgan fingerprint density at radius 2 is 2.44 bits per heavy atom. The summed E-state index contributed by atoms with van der Waals surface area (Å²) in [5.74, 6) is 0.760. The van der Waals surface area contributed by atoms with Gasteiger partial charge in [0.25, 0.3) is 0 Å². The minimum atomic E-state index is -0.264. The van der Waals surface area contributed by atoms with Gasteiger partial charge in [-0.15, -0.1) is 11.3 Å². The first-order valence-electron chi connectivity index (χ1n) is 5.21. The fourth-order valence-electron chi connectivity index (χ4n) is 2.00. The maximum atomic E-state index is 11.4. The van der Waals surface area contributed by atoms with Crippen LogP contribution in [0.4, 0.5) is 5.82 Å². The van der Waals surface area contributed by atoms with E-state index < -0.39 is 0 Å². The van der Waals surface area contributed by atoms with E-state index in [4.69, 9.17) is 0 Å². The molecule has 0 atom stereocenters. The van der Waals surface area contributed by atoms with Crippen molar-refractivity contribution in [3.05, 3.63) is 44.1 Å². The summed E-state index contributed by atoms with van der Waals surface area (Å²) in [6.45, 7) is 0.872. The molecule has 5 heteroatoms. The van der Waals surface area contributed by atoms with Gasteiger partial charge in [-0.05, 0) is 17.9 Å². The topological polar surface area (TPSA) is 57.8 Å². The summed E-state index contributed by atoms with van der Waals surface area (Å²) in [4.78, 5) is 19.4. The van der Waals surface area contributed by atoms with Crippen LogP contribution in [-0.4, -0.2) is 16.5 Å². The number of thiophene rings is 1. The number of aromatic nitrogens is 2. The highest BCUT2D eigenvalue weighted by Gasteiger charge is 2.17. The maximum Gasteiger partial charge on any atom is 0.347 e. The van der Waals surface area contributed by atoms with E-state index in [9.17, 15) is 4.79 Å². The number of aromatic amines is 1. The number of rotatable bonds is 2. The first kappa shape index (κ1) is 9.59. The fourth-order valence-corrected chi connectivity index (χ4v) is 2.72. The Kier molecular flexibility index (Phi) is 2.25. The standard InChI is InChI=1S/C11H11N3OS/c15-11-13-9(6-7-2-1-5-16-7)8-3-4-12-10(8)14-11/h1-2,5H,3-4,6H2,(H2,12,13,14,15). The highest BCUT2D eigenvalue weighted by atomic mass is 32.1. The van der Waals surface area contributed by atoms with Crippen LogP contribution in [-0.2, 0) is 12.8 Å². The van der Waals surface area contributed by atoms with Crippen molar-refractivity contribution >= 4 is 17.2 Å². The lowest BCUT2D eigenvalue weighted by molar-refractivity contribution is 0.956. The molecule has 2 aromatic heterocycles. The van der Waals surface area contributed by atoms with Gasteiger partial charge in [0.05, 0.1) is 0 Å². The van der Waals surface area contributed by atoms with E-state index in [1.807, 2.05) is 11.4 Å². The summed E-state index contributed by atoms with van der Waals surface area (Å²) in [6.07, 6.45) is 1.74. The SMILES string of the molecule is O=c1nc2c(c(Cc3cccs3)[nH]1)CCN2. The number of H-pyrrole nitrogens is 1. The maximum absolute atomic E-state index is 11.4. The molecule has 1 aliphatic rings. The Morgan fingerprint density at radius 1 is 1.50 bits per heavy atom. The summed E-state index contributed by atoms with van der Waals surface area (Å²) in [6, 6.07) is 4.11. The number of nitrogens with one attached hydrogen (secondary N) is 2. The van der Waals surface area contributed by atoms with Gasteiger partial charge in [0, 0.05) is 29.1 Å². The predicted octanol–water partition coefficient (Wildman–Crippen LogP) is 1.39. The van der Waals surface area contributed by atoms with Crippen LogP contribution >= 0.6 is 11.3 Å². The van der Waals surface area contributed by atoms with E-state index in [0.717, 1.165) is 36.5 Å². The van der Waals surface area contributed by atoms with Crippen LogP contribution < -0.4 is 11.0 Å². The van der Waals surface area contributed by atoms with Crippen LogP contribution in [0, 0.1) is 0 Å². The van der Waals surface area contributed by atoms with Crippen molar-refractivity contribution in [3.8, 4) is 0 Å². The predicted molar refractivity (Wildman–Crippen MR) is 64.2 cm³/mol. The zero-order valence-electron chi connectivity index (χ0n) is 8.62. The van der Waals surface area contributed by atoms with Crippen LogP contribution in [0.15, 0.2) is 22.3 Å². The molecular formula is C11H11N3OS. The van der Waals surface area contributed by atoms with Gasteiger partial charge < -0.3 is 10.3 Å². The Bertz CT molecular complexity index is 559. The van der Waals surface area contributed by atoms with E-state index >= 15 is 0 Å². The second-order valence-electron chi connectivity index (χ2n) is 3.78. The molecule has 0 spiro atoms. The van der Waals surface area contributed by atoms with Crippen LogP contribution in [0.3, 0.4) is 0 Å². The van der Waals surface area contributed by atoms with E-state index in [-0.39, 0.29) is 5.69 Å². The monoisotopic (exact) mass is 233 g/mol. The Hall–Kier alpha value is -1.62. The molecule has 4 nitrogen and oxygen atoms in total. The van der Waals surface area contributed by atoms with Crippen molar-refractivity contribution < 1.29 is 0 Å². The summed E-state index contributed by atoms with van der Waals surface area (Å²) in [5, 5.41) is 5.18. The van der Waals surface area contributed by atoms with Crippen molar-refractivity contribution in [2.24, 2.45) is 0 Å². The molecule has 0 aromatic carbocycles. The van der Waals surface area contributed by atoms with Crippen molar-refractivity contribution in [1.29, 1.82) is 0 Å². The summed E-state index contributed by atoms with van der Waals surface area (Å²) in [5.41, 5.74) is 1.90. The van der Waals surface area contributed by atoms with E-state index in [2.05, 4.69) is 21.4 Å². The second-order valence-corrected chi connectivity index (χ2v) is 4.81. The number of hydrogen-bond acceptors (Lipinski definition) is 4. The lowest BCUT2D eigenvalue weighted by Crippen LogP contribution is -2.15. The molecule has 0 bridgehead atoms. The van der Waals surface area contributed by atoms with Gasteiger partial charge in [0.2, 0.25) is 0 Å². The first-order chi connectivity index (χ1) is 7.83. The van der Waals surface area contributed by atoms with Crippen LogP contribution in [0.1, 0.15) is 16.1 Å². The highest BCUT2D eigenvalue weighted by Crippen LogP contribution is 2.23. The summed E-state index contributed by atoms with van der Waals surface area (Å²) < 4.78 is 0. The average molecular weight is 233 g/mol. The molecule has 0 saturated carbocycles. The third kappa shape index (κ3) is 1.63. The zero-order chi connectivity index (χ0) is 11.0. The average Bonchev–Trinajstić information content (AvgIpc) is 2.87. The molecule has 0 radical (unpaired) electrons. The quantitative estimate of drug-likeness (QED) is 0.824. The first-order valence-corrected chi connectivity index (χ1v) is 6.09. The van der Waals surface area contributed by atoms with Crippen LogP contribution in [0.2, 0.25) is 0 Å². The Balaban J connectivity index is 2.04. The molecule has 2 aromatic rings. The Labute approximate surface area is 96.4 Å². The third-order valence-corrected chi connectivity index (χ3v) is 3.60. The fraction of sp³-hybridized carbons (Fsp3) is 0.273. The third-order valence-electron chi connectivity index (χ3n) is 2.72. The molecule has 82 valence electrons. The molecule has 16 heavy (non-hydrogen) atoms. The summed E-state index contributed by atoms with van der Waals surface area (Å²) in [7, 11) is 0. The van der Waals surface area contributed by atoms with Gasteiger partial charge in [0.1, 0.15) is 5.82 Å². The number of fused-ring (bicyclic) bond motifs is 1. The second kappa shape index (κ2) is 3.75. The van der Waals surface area contributed by atoms with Gasteiger partial charge in [-0.25, -0.2) is 4.79 Å². The van der Waals surface area contributed by atoms with E-state index in [1.54, 1.807) is 11.3 Å². The van der Waals surface area contributed by atoms with E-state index in [0.29, 0.717) is 0 Å². The zero-order valence-corrected chi connectivity index (χ0v) is 9.43. The number of anilines is 1. The molecule has 0 saturated heterocycles. The smallest absolute Gasteiger partial charge is 0.347 e. The number of hydrogen-bond donors (Lipinski definition) is 2. The molecular weight excluding hydrogens is 222 g/mol. The van der Waals surface area contributed by atoms with Crippen LogP contribution in [0.25, 0.3) is 0 Å². The van der Waals surface area contributed by atoms with Crippen molar-refractivity contribution in [2.75, 3.05) is 11.9 Å².